The van der Waals surface area contributed by atoms with Gasteiger partial charge in [-0.2, -0.15) is 0 Å². The molecule has 1 rings (SSSR count). The van der Waals surface area contributed by atoms with Crippen LogP contribution in [0.5, 0.6) is 11.5 Å². The summed E-state index contributed by atoms with van der Waals surface area (Å²) in [6.45, 7) is -0.151. The Bertz CT molecular complexity index is 463. The van der Waals surface area contributed by atoms with E-state index in [0.717, 1.165) is 6.07 Å². The Kier molecular flexibility index (Phi) is 4.79. The summed E-state index contributed by atoms with van der Waals surface area (Å²) in [6, 6.07) is 3.53. The number of halogens is 1. The number of ether oxygens (including phenoxy) is 1. The molecular formula is C11H12ClNO5. The van der Waals surface area contributed by atoms with Crippen molar-refractivity contribution in [1.82, 2.24) is 5.32 Å². The first-order valence-corrected chi connectivity index (χ1v) is 5.41. The second-order valence-corrected chi connectivity index (χ2v) is 3.93. The van der Waals surface area contributed by atoms with Crippen molar-refractivity contribution < 1.29 is 24.5 Å². The number of nitrogens with one attached hydrogen (secondary N) is 1. The fourth-order valence-corrected chi connectivity index (χ4v) is 1.36. The van der Waals surface area contributed by atoms with Crippen LogP contribution in [0.2, 0.25) is 0 Å². The molecule has 1 aromatic carbocycles. The number of phenolic OH excluding ortho intramolecular Hbond substituents is 2. The highest BCUT2D eigenvalue weighted by Crippen LogP contribution is 2.21. The highest BCUT2D eigenvalue weighted by atomic mass is 35.5. The van der Waals surface area contributed by atoms with Crippen LogP contribution >= 0.6 is 11.6 Å². The van der Waals surface area contributed by atoms with Gasteiger partial charge < -0.3 is 20.3 Å². The van der Waals surface area contributed by atoms with Crippen LogP contribution in [0.3, 0.4) is 0 Å². The van der Waals surface area contributed by atoms with Gasteiger partial charge in [0.2, 0.25) is 0 Å². The van der Waals surface area contributed by atoms with Crippen molar-refractivity contribution >= 4 is 23.5 Å². The van der Waals surface area contributed by atoms with E-state index in [1.807, 2.05) is 0 Å². The van der Waals surface area contributed by atoms with Crippen LogP contribution in [-0.2, 0) is 9.53 Å². The molecule has 98 valence electrons. The lowest BCUT2D eigenvalue weighted by Crippen LogP contribution is -2.34. The predicted octanol–water partition coefficient (Wildman–Crippen LogP) is 0.608. The van der Waals surface area contributed by atoms with E-state index in [1.165, 1.54) is 19.2 Å². The molecule has 0 saturated heterocycles. The number of methoxy groups -OCH3 is 1. The molecule has 0 aliphatic rings. The van der Waals surface area contributed by atoms with Gasteiger partial charge in [0.05, 0.1) is 12.7 Å². The number of alkyl halides is 1. The number of hydrogen-bond donors (Lipinski definition) is 3. The zero-order chi connectivity index (χ0) is 13.7. The van der Waals surface area contributed by atoms with Crippen LogP contribution in [0.15, 0.2) is 18.2 Å². The van der Waals surface area contributed by atoms with E-state index in [2.05, 4.69) is 10.1 Å². The summed E-state index contributed by atoms with van der Waals surface area (Å²) in [5.41, 5.74) is -0.108. The van der Waals surface area contributed by atoms with Crippen LogP contribution in [0.25, 0.3) is 0 Å². The summed E-state index contributed by atoms with van der Waals surface area (Å²) < 4.78 is 4.38. The molecule has 0 bridgehead atoms. The van der Waals surface area contributed by atoms with Crippen molar-refractivity contribution in [3.8, 4) is 11.5 Å². The first-order chi connectivity index (χ1) is 8.45. The third-order valence-electron chi connectivity index (χ3n) is 2.12. The lowest BCUT2D eigenvalue weighted by Gasteiger charge is -2.10. The zero-order valence-corrected chi connectivity index (χ0v) is 10.3. The number of esters is 1. The number of carbonyl (C=O) groups is 2. The third kappa shape index (κ3) is 3.53. The van der Waals surface area contributed by atoms with Gasteiger partial charge in [-0.15, -0.1) is 11.6 Å². The molecule has 0 radical (unpaired) electrons. The summed E-state index contributed by atoms with van der Waals surface area (Å²) in [4.78, 5) is 22.6. The standard InChI is InChI=1S/C11H12ClNO5/c1-18-11(17)8(12)5-13-10(16)7-4-6(14)2-3-9(7)15/h2-4,8,14-15H,5H2,1H3,(H,13,16). The Hall–Kier alpha value is -1.95. The Morgan fingerprint density at radius 2 is 2.11 bits per heavy atom. The normalized spacial score (nSPS) is 11.7. The molecular weight excluding hydrogens is 262 g/mol. The molecule has 0 spiro atoms. The van der Waals surface area contributed by atoms with E-state index >= 15 is 0 Å². The van der Waals surface area contributed by atoms with Gasteiger partial charge in [0.25, 0.3) is 5.91 Å². The molecule has 1 unspecified atom stereocenters. The predicted molar refractivity (Wildman–Crippen MR) is 63.8 cm³/mol. The number of carbonyl (C=O) groups excluding carboxylic acids is 2. The van der Waals surface area contributed by atoms with Gasteiger partial charge in [0.15, 0.2) is 0 Å². The van der Waals surface area contributed by atoms with Gasteiger partial charge in [0.1, 0.15) is 16.9 Å². The first kappa shape index (κ1) is 14.1. The molecule has 1 amide bonds. The lowest BCUT2D eigenvalue weighted by molar-refractivity contribution is -0.140. The van der Waals surface area contributed by atoms with E-state index in [9.17, 15) is 19.8 Å². The first-order valence-electron chi connectivity index (χ1n) is 4.97. The number of rotatable bonds is 4. The van der Waals surface area contributed by atoms with E-state index in [1.54, 1.807) is 0 Å². The third-order valence-corrected chi connectivity index (χ3v) is 2.46. The second-order valence-electron chi connectivity index (χ2n) is 3.40. The molecule has 0 aromatic heterocycles. The van der Waals surface area contributed by atoms with Gasteiger partial charge in [-0.1, -0.05) is 0 Å². The number of aromatic hydroxyl groups is 2. The van der Waals surface area contributed by atoms with E-state index in [0.29, 0.717) is 0 Å². The van der Waals surface area contributed by atoms with Crippen molar-refractivity contribution in [3.63, 3.8) is 0 Å². The van der Waals surface area contributed by atoms with E-state index < -0.39 is 17.3 Å². The molecule has 0 fully saturated rings. The largest absolute Gasteiger partial charge is 0.508 e. The zero-order valence-electron chi connectivity index (χ0n) is 9.51. The number of hydrogen-bond acceptors (Lipinski definition) is 5. The number of amides is 1. The number of phenols is 2. The molecule has 0 aliphatic heterocycles. The minimum absolute atomic E-state index is 0.108. The maximum atomic E-state index is 11.6. The molecule has 0 heterocycles. The SMILES string of the molecule is COC(=O)C(Cl)CNC(=O)c1cc(O)ccc1O. The Labute approximate surface area is 108 Å². The number of benzene rings is 1. The topological polar surface area (TPSA) is 95.9 Å². The van der Waals surface area contributed by atoms with Crippen LogP contribution in [0.1, 0.15) is 10.4 Å². The minimum Gasteiger partial charge on any atom is -0.508 e. The van der Waals surface area contributed by atoms with Crippen LogP contribution in [0.4, 0.5) is 0 Å². The maximum Gasteiger partial charge on any atom is 0.325 e. The van der Waals surface area contributed by atoms with Gasteiger partial charge in [-0.25, -0.2) is 0 Å². The summed E-state index contributed by atoms with van der Waals surface area (Å²) in [5.74, 6) is -1.77. The molecule has 7 heteroatoms. The maximum absolute atomic E-state index is 11.6. The van der Waals surface area contributed by atoms with Crippen LogP contribution in [0, 0.1) is 0 Å². The molecule has 1 aromatic rings. The fraction of sp³-hybridized carbons (Fsp3) is 0.273. The van der Waals surface area contributed by atoms with Crippen LogP contribution < -0.4 is 5.32 Å². The Balaban J connectivity index is 2.66. The molecule has 1 atom stereocenters. The fourth-order valence-electron chi connectivity index (χ4n) is 1.19. The summed E-state index contributed by atoms with van der Waals surface area (Å²) in [7, 11) is 1.18. The molecule has 18 heavy (non-hydrogen) atoms. The average Bonchev–Trinajstić information content (AvgIpc) is 2.37. The second kappa shape index (κ2) is 6.11. The monoisotopic (exact) mass is 273 g/mol. The van der Waals surface area contributed by atoms with Gasteiger partial charge in [-0.3, -0.25) is 9.59 Å². The summed E-state index contributed by atoms with van der Waals surface area (Å²) >= 11 is 5.63. The van der Waals surface area contributed by atoms with Gasteiger partial charge in [-0.05, 0) is 18.2 Å². The average molecular weight is 274 g/mol. The summed E-state index contributed by atoms with van der Waals surface area (Å²) in [6.07, 6.45) is 0. The molecule has 0 aliphatic carbocycles. The Morgan fingerprint density at radius 3 is 2.72 bits per heavy atom. The summed E-state index contributed by atoms with van der Waals surface area (Å²) in [5, 5.41) is 20.0. The molecule has 3 N–H and O–H groups in total. The highest BCUT2D eigenvalue weighted by Gasteiger charge is 2.18. The minimum atomic E-state index is -1.02. The smallest absolute Gasteiger partial charge is 0.325 e. The van der Waals surface area contributed by atoms with Crippen molar-refractivity contribution in [2.75, 3.05) is 13.7 Å². The van der Waals surface area contributed by atoms with Crippen molar-refractivity contribution in [2.24, 2.45) is 0 Å². The Morgan fingerprint density at radius 1 is 1.44 bits per heavy atom. The van der Waals surface area contributed by atoms with Crippen LogP contribution in [-0.4, -0.2) is 41.1 Å². The van der Waals surface area contributed by atoms with Crippen molar-refractivity contribution in [2.45, 2.75) is 5.38 Å². The van der Waals surface area contributed by atoms with Crippen molar-refractivity contribution in [3.05, 3.63) is 23.8 Å². The van der Waals surface area contributed by atoms with Crippen molar-refractivity contribution in [1.29, 1.82) is 0 Å². The van der Waals surface area contributed by atoms with Gasteiger partial charge >= 0.3 is 5.97 Å². The lowest BCUT2D eigenvalue weighted by atomic mass is 10.1. The quantitative estimate of drug-likeness (QED) is 0.424. The van der Waals surface area contributed by atoms with Gasteiger partial charge in [0, 0.05) is 6.54 Å². The molecule has 6 nitrogen and oxygen atoms in total. The van der Waals surface area contributed by atoms with E-state index in [4.69, 9.17) is 11.6 Å². The molecule has 0 saturated carbocycles. The van der Waals surface area contributed by atoms with E-state index in [-0.39, 0.29) is 23.6 Å². The highest BCUT2D eigenvalue weighted by molar-refractivity contribution is 6.30.